The minimum atomic E-state index is -0.0334. The summed E-state index contributed by atoms with van der Waals surface area (Å²) in [5, 5.41) is 5.14. The molecule has 156 valence electrons. The first-order chi connectivity index (χ1) is 15.1. The van der Waals surface area contributed by atoms with Crippen LogP contribution >= 0.6 is 0 Å². The van der Waals surface area contributed by atoms with Gasteiger partial charge in [0.15, 0.2) is 0 Å². The first-order valence-corrected chi connectivity index (χ1v) is 11.1. The number of rotatable bonds is 2. The van der Waals surface area contributed by atoms with Crippen molar-refractivity contribution < 1.29 is 0 Å². The molecule has 5 nitrogen and oxygen atoms in total. The zero-order valence-electron chi connectivity index (χ0n) is 17.9. The van der Waals surface area contributed by atoms with Gasteiger partial charge in [0.05, 0.1) is 11.2 Å². The Balaban J connectivity index is 1.43. The van der Waals surface area contributed by atoms with Crippen molar-refractivity contribution in [1.82, 2.24) is 19.4 Å². The Labute approximate surface area is 181 Å². The van der Waals surface area contributed by atoms with Crippen LogP contribution in [0.15, 0.2) is 59.7 Å². The first-order valence-electron chi connectivity index (χ1n) is 11.1. The molecule has 3 aromatic heterocycles. The van der Waals surface area contributed by atoms with Crippen LogP contribution in [0.25, 0.3) is 27.7 Å². The third-order valence-corrected chi connectivity index (χ3v) is 7.06. The molecule has 2 bridgehead atoms. The van der Waals surface area contributed by atoms with E-state index in [0.29, 0.717) is 12.1 Å². The quantitative estimate of drug-likeness (QED) is 0.532. The second-order valence-corrected chi connectivity index (χ2v) is 8.98. The highest BCUT2D eigenvalue weighted by atomic mass is 16.1. The van der Waals surface area contributed by atoms with Crippen LogP contribution < -0.4 is 10.9 Å². The van der Waals surface area contributed by atoms with Crippen LogP contribution in [-0.2, 0) is 13.5 Å². The van der Waals surface area contributed by atoms with Gasteiger partial charge in [-0.05, 0) is 61.6 Å². The maximum absolute atomic E-state index is 13.0. The monoisotopic (exact) mass is 410 g/mol. The minimum Gasteiger partial charge on any atom is -0.347 e. The van der Waals surface area contributed by atoms with Crippen molar-refractivity contribution in [2.45, 2.75) is 44.7 Å². The second kappa shape index (κ2) is 6.92. The fourth-order valence-electron chi connectivity index (χ4n) is 5.44. The van der Waals surface area contributed by atoms with E-state index in [1.807, 2.05) is 37.5 Å². The summed E-state index contributed by atoms with van der Waals surface area (Å²) >= 11 is 0. The molecule has 2 aliphatic heterocycles. The van der Waals surface area contributed by atoms with E-state index in [1.165, 1.54) is 41.4 Å². The van der Waals surface area contributed by atoms with E-state index in [9.17, 15) is 4.79 Å². The molecule has 2 unspecified atom stereocenters. The van der Waals surface area contributed by atoms with Crippen LogP contribution in [0.5, 0.6) is 0 Å². The molecular formula is C26H26N4O. The maximum Gasteiger partial charge on any atom is 0.255 e. The molecule has 1 fully saturated rings. The van der Waals surface area contributed by atoms with E-state index in [2.05, 4.69) is 40.1 Å². The summed E-state index contributed by atoms with van der Waals surface area (Å²) in [5.41, 5.74) is 7.81. The fraction of sp³-hybridized carbons (Fsp3) is 0.308. The molecule has 4 aromatic rings. The number of piperidine rings is 1. The zero-order chi connectivity index (χ0) is 21.1. The van der Waals surface area contributed by atoms with Gasteiger partial charge in [0.2, 0.25) is 0 Å². The smallest absolute Gasteiger partial charge is 0.255 e. The van der Waals surface area contributed by atoms with Gasteiger partial charge in [-0.15, -0.1) is 0 Å². The van der Waals surface area contributed by atoms with Crippen LogP contribution in [0.3, 0.4) is 0 Å². The van der Waals surface area contributed by atoms with Crippen molar-refractivity contribution in [2.75, 3.05) is 0 Å². The fourth-order valence-corrected chi connectivity index (χ4v) is 5.44. The molecule has 1 aromatic carbocycles. The van der Waals surface area contributed by atoms with Crippen molar-refractivity contribution >= 4 is 10.9 Å². The molecule has 0 radical (unpaired) electrons. The summed E-state index contributed by atoms with van der Waals surface area (Å²) in [4.78, 5) is 17.3. The lowest BCUT2D eigenvalue weighted by atomic mass is 9.84. The van der Waals surface area contributed by atoms with Gasteiger partial charge in [0, 0.05) is 66.3 Å². The van der Waals surface area contributed by atoms with Crippen molar-refractivity contribution in [3.05, 3.63) is 82.2 Å². The van der Waals surface area contributed by atoms with E-state index in [-0.39, 0.29) is 5.56 Å². The predicted octanol–water partition coefficient (Wildman–Crippen LogP) is 4.44. The van der Waals surface area contributed by atoms with Crippen LogP contribution in [0.2, 0.25) is 0 Å². The van der Waals surface area contributed by atoms with Crippen LogP contribution in [0.4, 0.5) is 0 Å². The SMILES string of the molecule is Cc1ccc(-c2ccn(-c3ccc4c5c(n(C)c4c3)CC3CCCC5N3)c(=O)c2)cn1. The topological polar surface area (TPSA) is 51.9 Å². The summed E-state index contributed by atoms with van der Waals surface area (Å²) in [7, 11) is 2.17. The van der Waals surface area contributed by atoms with Gasteiger partial charge in [-0.1, -0.05) is 12.1 Å². The van der Waals surface area contributed by atoms with Crippen LogP contribution in [0, 0.1) is 6.92 Å². The molecule has 0 aliphatic carbocycles. The van der Waals surface area contributed by atoms with Gasteiger partial charge in [0.25, 0.3) is 5.56 Å². The van der Waals surface area contributed by atoms with E-state index in [1.54, 1.807) is 10.6 Å². The zero-order valence-corrected chi connectivity index (χ0v) is 17.9. The van der Waals surface area contributed by atoms with E-state index in [0.717, 1.165) is 28.9 Å². The number of benzene rings is 1. The Morgan fingerprint density at radius 1 is 1.06 bits per heavy atom. The molecule has 2 atom stereocenters. The number of aromatic nitrogens is 3. The Morgan fingerprint density at radius 2 is 1.97 bits per heavy atom. The molecule has 6 rings (SSSR count). The molecule has 31 heavy (non-hydrogen) atoms. The summed E-state index contributed by atoms with van der Waals surface area (Å²) < 4.78 is 4.07. The number of nitrogens with zero attached hydrogens (tertiary/aromatic N) is 3. The number of fused-ring (bicyclic) bond motifs is 6. The molecule has 5 heterocycles. The minimum absolute atomic E-state index is 0.0334. The summed E-state index contributed by atoms with van der Waals surface area (Å²) in [6.45, 7) is 1.96. The number of nitrogens with one attached hydrogen (secondary N) is 1. The number of hydrogen-bond donors (Lipinski definition) is 1. The molecule has 0 saturated carbocycles. The van der Waals surface area contributed by atoms with E-state index < -0.39 is 0 Å². The molecule has 5 heteroatoms. The molecular weight excluding hydrogens is 384 g/mol. The second-order valence-electron chi connectivity index (χ2n) is 8.98. The van der Waals surface area contributed by atoms with Crippen molar-refractivity contribution in [1.29, 1.82) is 0 Å². The van der Waals surface area contributed by atoms with Crippen LogP contribution in [0.1, 0.15) is 42.3 Å². The summed E-state index contributed by atoms with van der Waals surface area (Å²) in [5.74, 6) is 0. The molecule has 0 amide bonds. The largest absolute Gasteiger partial charge is 0.347 e. The normalized spacial score (nSPS) is 20.1. The van der Waals surface area contributed by atoms with Crippen LogP contribution in [-0.4, -0.2) is 20.2 Å². The lowest BCUT2D eigenvalue weighted by molar-refractivity contribution is 0.299. The number of pyridine rings is 2. The highest BCUT2D eigenvalue weighted by Gasteiger charge is 2.33. The summed E-state index contributed by atoms with van der Waals surface area (Å²) in [6.07, 6.45) is 8.55. The van der Waals surface area contributed by atoms with Crippen molar-refractivity contribution in [3.63, 3.8) is 0 Å². The average Bonchev–Trinajstić information content (AvgIpc) is 3.06. The Hall–Kier alpha value is -3.18. The van der Waals surface area contributed by atoms with Gasteiger partial charge in [-0.25, -0.2) is 0 Å². The molecule has 1 N–H and O–H groups in total. The van der Waals surface area contributed by atoms with Gasteiger partial charge in [0.1, 0.15) is 0 Å². The third-order valence-electron chi connectivity index (χ3n) is 7.06. The summed E-state index contributed by atoms with van der Waals surface area (Å²) in [6, 6.07) is 15.1. The number of hydrogen-bond acceptors (Lipinski definition) is 3. The maximum atomic E-state index is 13.0. The van der Waals surface area contributed by atoms with E-state index in [4.69, 9.17) is 0 Å². The lowest BCUT2D eigenvalue weighted by Gasteiger charge is -2.36. The predicted molar refractivity (Wildman–Crippen MR) is 124 cm³/mol. The van der Waals surface area contributed by atoms with Gasteiger partial charge in [-0.3, -0.25) is 14.3 Å². The molecule has 1 saturated heterocycles. The highest BCUT2D eigenvalue weighted by Crippen LogP contribution is 2.40. The standard InChI is InChI=1S/C26H26N4O/c1-16-6-7-18(15-27-16)17-10-11-30(25(31)12-17)20-8-9-21-23(14-20)29(2)24-13-19-4-3-5-22(28-19)26(21)24/h6-12,14-15,19,22,28H,3-5,13H2,1-2H3. The van der Waals surface area contributed by atoms with Crippen molar-refractivity contribution in [3.8, 4) is 16.8 Å². The van der Waals surface area contributed by atoms with E-state index >= 15 is 0 Å². The van der Waals surface area contributed by atoms with Gasteiger partial charge >= 0.3 is 0 Å². The van der Waals surface area contributed by atoms with Gasteiger partial charge in [-0.2, -0.15) is 0 Å². The first kappa shape index (κ1) is 18.6. The highest BCUT2D eigenvalue weighted by molar-refractivity contribution is 5.88. The molecule has 2 aliphatic rings. The van der Waals surface area contributed by atoms with Gasteiger partial charge < -0.3 is 9.88 Å². The average molecular weight is 411 g/mol. The van der Waals surface area contributed by atoms with Crippen molar-refractivity contribution in [2.24, 2.45) is 7.05 Å². The Bertz CT molecular complexity index is 1360. The molecule has 0 spiro atoms. The lowest BCUT2D eigenvalue weighted by Crippen LogP contribution is -2.42. The Kier molecular flexibility index (Phi) is 4.15. The third kappa shape index (κ3) is 2.95. The Morgan fingerprint density at radius 3 is 2.77 bits per heavy atom. The number of aryl methyl sites for hydroxylation is 2.